The van der Waals surface area contributed by atoms with Gasteiger partial charge in [-0.25, -0.2) is 4.79 Å². The summed E-state index contributed by atoms with van der Waals surface area (Å²) in [5, 5.41) is 0. The summed E-state index contributed by atoms with van der Waals surface area (Å²) in [4.78, 5) is 12.1. The number of carbonyl (C=O) groups excluding carboxylic acids is 1. The molecule has 1 aliphatic carbocycles. The maximum atomic E-state index is 12.1. The number of hydrogen-bond donors (Lipinski definition) is 0. The molecule has 1 aromatic carbocycles. The maximum absolute atomic E-state index is 12.1. The molecule has 2 rings (SSSR count). The van der Waals surface area contributed by atoms with Crippen LogP contribution in [0.1, 0.15) is 48.5 Å². The van der Waals surface area contributed by atoms with Crippen molar-refractivity contribution in [2.45, 2.75) is 38.2 Å². The van der Waals surface area contributed by atoms with Gasteiger partial charge < -0.3 is 4.74 Å². The van der Waals surface area contributed by atoms with Gasteiger partial charge >= 0.3 is 5.97 Å². The van der Waals surface area contributed by atoms with Crippen LogP contribution in [0.4, 0.5) is 0 Å². The van der Waals surface area contributed by atoms with Gasteiger partial charge in [-0.05, 0) is 44.2 Å². The van der Waals surface area contributed by atoms with Gasteiger partial charge in [-0.3, -0.25) is 0 Å². The second-order valence-electron chi connectivity index (χ2n) is 4.84. The largest absolute Gasteiger partial charge is 0.456 e. The number of ether oxygens (including phenoxy) is 1. The maximum Gasteiger partial charge on any atom is 0.339 e. The normalized spacial score (nSPS) is 17.7. The van der Waals surface area contributed by atoms with E-state index in [1.54, 1.807) is 12.1 Å². The fraction of sp³-hybridized carbons (Fsp3) is 0.400. The SMILES string of the molecule is C=Cc1ccccc1C(=O)OC1(C)CCCC1. The standard InChI is InChI=1S/C15H18O2/c1-3-12-8-4-5-9-13(12)14(16)17-15(2)10-6-7-11-15/h3-5,8-9H,1,6-7,10-11H2,2H3. The summed E-state index contributed by atoms with van der Waals surface area (Å²) in [6, 6.07) is 7.41. The molecule has 1 fully saturated rings. The van der Waals surface area contributed by atoms with Crippen molar-refractivity contribution in [3.8, 4) is 0 Å². The first-order valence-electron chi connectivity index (χ1n) is 6.09. The van der Waals surface area contributed by atoms with Crippen molar-refractivity contribution < 1.29 is 9.53 Å². The highest BCUT2D eigenvalue weighted by atomic mass is 16.6. The van der Waals surface area contributed by atoms with Gasteiger partial charge in [0.15, 0.2) is 0 Å². The highest BCUT2D eigenvalue weighted by Gasteiger charge is 2.33. The third-order valence-electron chi connectivity index (χ3n) is 3.40. The fourth-order valence-corrected chi connectivity index (χ4v) is 2.36. The predicted molar refractivity (Wildman–Crippen MR) is 68.8 cm³/mol. The number of benzene rings is 1. The van der Waals surface area contributed by atoms with Crippen LogP contribution < -0.4 is 0 Å². The Kier molecular flexibility index (Phi) is 3.32. The number of rotatable bonds is 3. The van der Waals surface area contributed by atoms with Crippen molar-refractivity contribution in [1.29, 1.82) is 0 Å². The first kappa shape index (κ1) is 11.9. The van der Waals surface area contributed by atoms with Gasteiger partial charge in [-0.15, -0.1) is 0 Å². The van der Waals surface area contributed by atoms with Crippen molar-refractivity contribution in [2.24, 2.45) is 0 Å². The second-order valence-corrected chi connectivity index (χ2v) is 4.84. The minimum Gasteiger partial charge on any atom is -0.456 e. The molecule has 1 aromatic rings. The zero-order valence-corrected chi connectivity index (χ0v) is 10.2. The van der Waals surface area contributed by atoms with Crippen molar-refractivity contribution in [3.63, 3.8) is 0 Å². The summed E-state index contributed by atoms with van der Waals surface area (Å²) >= 11 is 0. The Morgan fingerprint density at radius 1 is 1.35 bits per heavy atom. The number of esters is 1. The van der Waals surface area contributed by atoms with E-state index in [1.165, 1.54) is 0 Å². The molecule has 0 atom stereocenters. The van der Waals surface area contributed by atoms with Gasteiger partial charge in [0.1, 0.15) is 5.60 Å². The molecule has 17 heavy (non-hydrogen) atoms. The Bertz CT molecular complexity index is 428. The van der Waals surface area contributed by atoms with Crippen molar-refractivity contribution in [1.82, 2.24) is 0 Å². The average Bonchev–Trinajstić information content (AvgIpc) is 2.75. The zero-order valence-electron chi connectivity index (χ0n) is 10.2. The molecular weight excluding hydrogens is 212 g/mol. The topological polar surface area (TPSA) is 26.3 Å². The lowest BCUT2D eigenvalue weighted by molar-refractivity contribution is -0.00610. The summed E-state index contributed by atoms with van der Waals surface area (Å²) in [7, 11) is 0. The van der Waals surface area contributed by atoms with Crippen LogP contribution in [0.2, 0.25) is 0 Å². The fourth-order valence-electron chi connectivity index (χ4n) is 2.36. The molecule has 1 aliphatic rings. The van der Waals surface area contributed by atoms with Crippen molar-refractivity contribution in [3.05, 3.63) is 42.0 Å². The Labute approximate surface area is 102 Å². The molecule has 1 saturated carbocycles. The van der Waals surface area contributed by atoms with Crippen LogP contribution in [0, 0.1) is 0 Å². The van der Waals surface area contributed by atoms with E-state index in [2.05, 4.69) is 6.58 Å². The lowest BCUT2D eigenvalue weighted by atomic mass is 10.0. The van der Waals surface area contributed by atoms with E-state index in [-0.39, 0.29) is 11.6 Å². The first-order valence-corrected chi connectivity index (χ1v) is 6.09. The van der Waals surface area contributed by atoms with Crippen molar-refractivity contribution in [2.75, 3.05) is 0 Å². The minimum absolute atomic E-state index is 0.232. The Morgan fingerprint density at radius 2 is 2.00 bits per heavy atom. The molecule has 0 spiro atoms. The van der Waals surface area contributed by atoms with Gasteiger partial charge in [0.25, 0.3) is 0 Å². The monoisotopic (exact) mass is 230 g/mol. The van der Waals surface area contributed by atoms with Crippen LogP contribution in [0.25, 0.3) is 6.08 Å². The lowest BCUT2D eigenvalue weighted by Crippen LogP contribution is -2.28. The first-order chi connectivity index (χ1) is 8.14. The molecule has 0 heterocycles. The second kappa shape index (κ2) is 4.74. The predicted octanol–water partition coefficient (Wildman–Crippen LogP) is 3.82. The number of carbonyl (C=O) groups is 1. The zero-order chi connectivity index (χ0) is 12.3. The Balaban J connectivity index is 2.17. The molecule has 2 nitrogen and oxygen atoms in total. The molecule has 0 saturated heterocycles. The average molecular weight is 230 g/mol. The molecule has 0 bridgehead atoms. The Hall–Kier alpha value is -1.57. The summed E-state index contributed by atoms with van der Waals surface area (Å²) in [6.45, 7) is 5.74. The van der Waals surface area contributed by atoms with E-state index in [4.69, 9.17) is 4.74 Å². The van der Waals surface area contributed by atoms with Crippen LogP contribution in [0.5, 0.6) is 0 Å². The summed E-state index contributed by atoms with van der Waals surface area (Å²) in [5.74, 6) is -0.232. The van der Waals surface area contributed by atoms with Gasteiger partial charge in [-0.1, -0.05) is 30.9 Å². The summed E-state index contributed by atoms with van der Waals surface area (Å²) < 4.78 is 5.64. The van der Waals surface area contributed by atoms with Crippen molar-refractivity contribution >= 4 is 12.0 Å². The van der Waals surface area contributed by atoms with Gasteiger partial charge in [0, 0.05) is 0 Å². The highest BCUT2D eigenvalue weighted by Crippen LogP contribution is 2.33. The molecular formula is C15H18O2. The third kappa shape index (κ3) is 2.57. The molecule has 0 radical (unpaired) electrons. The Morgan fingerprint density at radius 3 is 2.65 bits per heavy atom. The molecule has 90 valence electrons. The smallest absolute Gasteiger partial charge is 0.339 e. The van der Waals surface area contributed by atoms with E-state index in [9.17, 15) is 4.79 Å². The van der Waals surface area contributed by atoms with Gasteiger partial charge in [0.05, 0.1) is 5.56 Å². The third-order valence-corrected chi connectivity index (χ3v) is 3.40. The number of hydrogen-bond acceptors (Lipinski definition) is 2. The molecule has 0 amide bonds. The molecule has 0 aromatic heterocycles. The molecule has 2 heteroatoms. The van der Waals surface area contributed by atoms with E-state index < -0.39 is 0 Å². The summed E-state index contributed by atoms with van der Waals surface area (Å²) in [5.41, 5.74) is 1.17. The lowest BCUT2D eigenvalue weighted by Gasteiger charge is -2.24. The minimum atomic E-state index is -0.272. The van der Waals surface area contributed by atoms with Crippen LogP contribution in [-0.4, -0.2) is 11.6 Å². The van der Waals surface area contributed by atoms with Gasteiger partial charge in [-0.2, -0.15) is 0 Å². The van der Waals surface area contributed by atoms with Crippen LogP contribution in [0.15, 0.2) is 30.8 Å². The van der Waals surface area contributed by atoms with E-state index in [1.807, 2.05) is 25.1 Å². The van der Waals surface area contributed by atoms with E-state index in [0.29, 0.717) is 5.56 Å². The van der Waals surface area contributed by atoms with E-state index in [0.717, 1.165) is 31.2 Å². The highest BCUT2D eigenvalue weighted by molar-refractivity contribution is 5.93. The molecule has 0 N–H and O–H groups in total. The van der Waals surface area contributed by atoms with Crippen LogP contribution >= 0.6 is 0 Å². The van der Waals surface area contributed by atoms with Gasteiger partial charge in [0.2, 0.25) is 0 Å². The van der Waals surface area contributed by atoms with Crippen LogP contribution in [0.3, 0.4) is 0 Å². The van der Waals surface area contributed by atoms with E-state index >= 15 is 0 Å². The molecule has 0 aliphatic heterocycles. The quantitative estimate of drug-likeness (QED) is 0.738. The van der Waals surface area contributed by atoms with Crippen LogP contribution in [-0.2, 0) is 4.74 Å². The summed E-state index contributed by atoms with van der Waals surface area (Å²) in [6.07, 6.45) is 5.91. The molecule has 0 unspecified atom stereocenters.